The van der Waals surface area contributed by atoms with Crippen LogP contribution in [0.15, 0.2) is 12.1 Å². The summed E-state index contributed by atoms with van der Waals surface area (Å²) in [5.41, 5.74) is 0.379. The van der Waals surface area contributed by atoms with Gasteiger partial charge in [-0.15, -0.1) is 0 Å². The Kier molecular flexibility index (Phi) is 4.71. The second kappa shape index (κ2) is 6.30. The number of halogens is 2. The highest BCUT2D eigenvalue weighted by Crippen LogP contribution is 2.18. The number of rotatable bonds is 5. The van der Waals surface area contributed by atoms with Gasteiger partial charge >= 0.3 is 0 Å². The first-order valence-corrected chi connectivity index (χ1v) is 6.66. The number of likely N-dealkylation sites (tertiary alicyclic amines) is 1. The Morgan fingerprint density at radius 3 is 2.63 bits per heavy atom. The molecule has 0 radical (unpaired) electrons. The predicted molar refractivity (Wildman–Crippen MR) is 71.3 cm³/mol. The SMILES string of the molecule is Cc1cc(F)c(NCC(O)CN2CCCC2)cc1F. The van der Waals surface area contributed by atoms with Crippen molar-refractivity contribution in [1.29, 1.82) is 0 Å². The fraction of sp³-hybridized carbons (Fsp3) is 0.571. The normalized spacial score (nSPS) is 17.7. The van der Waals surface area contributed by atoms with E-state index in [9.17, 15) is 13.9 Å². The Morgan fingerprint density at radius 2 is 1.95 bits per heavy atom. The Balaban J connectivity index is 1.85. The number of aliphatic hydroxyl groups is 1. The average Bonchev–Trinajstić information content (AvgIpc) is 2.85. The van der Waals surface area contributed by atoms with Crippen LogP contribution in [0.2, 0.25) is 0 Å². The van der Waals surface area contributed by atoms with Crippen molar-refractivity contribution in [2.24, 2.45) is 0 Å². The van der Waals surface area contributed by atoms with Crippen LogP contribution in [-0.4, -0.2) is 42.3 Å². The summed E-state index contributed by atoms with van der Waals surface area (Å²) in [6.07, 6.45) is 1.75. The summed E-state index contributed by atoms with van der Waals surface area (Å²) in [6, 6.07) is 2.29. The van der Waals surface area contributed by atoms with Crippen LogP contribution < -0.4 is 5.32 Å². The van der Waals surface area contributed by atoms with E-state index in [1.807, 2.05) is 0 Å². The maximum Gasteiger partial charge on any atom is 0.146 e. The van der Waals surface area contributed by atoms with E-state index in [4.69, 9.17) is 0 Å². The van der Waals surface area contributed by atoms with E-state index >= 15 is 0 Å². The summed E-state index contributed by atoms with van der Waals surface area (Å²) >= 11 is 0. The molecule has 2 N–H and O–H groups in total. The summed E-state index contributed by atoms with van der Waals surface area (Å²) in [6.45, 7) is 4.32. The molecule has 1 saturated heterocycles. The zero-order chi connectivity index (χ0) is 13.8. The fourth-order valence-electron chi connectivity index (χ4n) is 2.34. The molecule has 0 bridgehead atoms. The number of β-amino-alcohol motifs (C(OH)–C–C–N with tert-alkyl or cyclic N) is 1. The molecule has 1 aliphatic heterocycles. The minimum atomic E-state index is -0.582. The zero-order valence-electron chi connectivity index (χ0n) is 11.1. The lowest BCUT2D eigenvalue weighted by atomic mass is 10.2. The van der Waals surface area contributed by atoms with Gasteiger partial charge in [0.15, 0.2) is 0 Å². The van der Waals surface area contributed by atoms with Crippen LogP contribution in [-0.2, 0) is 0 Å². The van der Waals surface area contributed by atoms with Crippen molar-refractivity contribution in [2.75, 3.05) is 31.5 Å². The van der Waals surface area contributed by atoms with E-state index in [1.54, 1.807) is 0 Å². The molecule has 1 heterocycles. The highest BCUT2D eigenvalue weighted by Gasteiger charge is 2.16. The molecule has 0 amide bonds. The van der Waals surface area contributed by atoms with Crippen LogP contribution in [0.3, 0.4) is 0 Å². The van der Waals surface area contributed by atoms with Crippen LogP contribution in [0.25, 0.3) is 0 Å². The Labute approximate surface area is 112 Å². The van der Waals surface area contributed by atoms with E-state index in [-0.39, 0.29) is 17.8 Å². The van der Waals surface area contributed by atoms with Crippen molar-refractivity contribution in [3.05, 3.63) is 29.3 Å². The molecule has 1 aromatic carbocycles. The molecule has 3 nitrogen and oxygen atoms in total. The van der Waals surface area contributed by atoms with Gasteiger partial charge in [0.1, 0.15) is 11.6 Å². The van der Waals surface area contributed by atoms with Gasteiger partial charge in [0.05, 0.1) is 11.8 Å². The van der Waals surface area contributed by atoms with E-state index in [0.29, 0.717) is 6.54 Å². The minimum Gasteiger partial charge on any atom is -0.390 e. The topological polar surface area (TPSA) is 35.5 Å². The van der Waals surface area contributed by atoms with Crippen molar-refractivity contribution in [3.63, 3.8) is 0 Å². The van der Waals surface area contributed by atoms with Gasteiger partial charge in [0, 0.05) is 19.2 Å². The van der Waals surface area contributed by atoms with E-state index in [2.05, 4.69) is 10.2 Å². The number of anilines is 1. The van der Waals surface area contributed by atoms with Gasteiger partial charge in [-0.3, -0.25) is 0 Å². The van der Waals surface area contributed by atoms with Crippen LogP contribution in [0.1, 0.15) is 18.4 Å². The predicted octanol–water partition coefficient (Wildman–Crippen LogP) is 2.14. The first-order chi connectivity index (χ1) is 9.06. The molecular weight excluding hydrogens is 250 g/mol. The molecule has 0 saturated carbocycles. The average molecular weight is 270 g/mol. The quantitative estimate of drug-likeness (QED) is 0.860. The first-order valence-electron chi connectivity index (χ1n) is 6.66. The minimum absolute atomic E-state index is 0.101. The monoisotopic (exact) mass is 270 g/mol. The van der Waals surface area contributed by atoms with Crippen molar-refractivity contribution in [2.45, 2.75) is 25.9 Å². The number of hydrogen-bond donors (Lipinski definition) is 2. The highest BCUT2D eigenvalue weighted by molar-refractivity contribution is 5.46. The van der Waals surface area contributed by atoms with Crippen molar-refractivity contribution < 1.29 is 13.9 Å². The third kappa shape index (κ3) is 3.88. The second-order valence-corrected chi connectivity index (χ2v) is 5.12. The first kappa shape index (κ1) is 14.2. The van der Waals surface area contributed by atoms with Gasteiger partial charge in [0.25, 0.3) is 0 Å². The van der Waals surface area contributed by atoms with Gasteiger partial charge < -0.3 is 15.3 Å². The van der Waals surface area contributed by atoms with E-state index in [0.717, 1.165) is 38.1 Å². The number of nitrogens with zero attached hydrogens (tertiary/aromatic N) is 1. The fourth-order valence-corrected chi connectivity index (χ4v) is 2.34. The van der Waals surface area contributed by atoms with E-state index < -0.39 is 17.7 Å². The van der Waals surface area contributed by atoms with Crippen LogP contribution >= 0.6 is 0 Å². The third-order valence-corrected chi connectivity index (χ3v) is 3.44. The maximum absolute atomic E-state index is 13.6. The molecule has 1 unspecified atom stereocenters. The Bertz CT molecular complexity index is 434. The second-order valence-electron chi connectivity index (χ2n) is 5.12. The van der Waals surface area contributed by atoms with Gasteiger partial charge in [-0.25, -0.2) is 8.78 Å². The number of aliphatic hydroxyl groups excluding tert-OH is 1. The van der Waals surface area contributed by atoms with E-state index in [1.165, 1.54) is 6.92 Å². The molecule has 106 valence electrons. The molecule has 0 spiro atoms. The van der Waals surface area contributed by atoms with Gasteiger partial charge in [-0.05, 0) is 44.5 Å². The molecule has 0 aliphatic carbocycles. The number of benzene rings is 1. The molecule has 1 atom stereocenters. The summed E-state index contributed by atoms with van der Waals surface area (Å²) in [5.74, 6) is -0.940. The Hall–Kier alpha value is -1.20. The highest BCUT2D eigenvalue weighted by atomic mass is 19.1. The third-order valence-electron chi connectivity index (χ3n) is 3.44. The van der Waals surface area contributed by atoms with Crippen LogP contribution in [0.5, 0.6) is 0 Å². The van der Waals surface area contributed by atoms with Gasteiger partial charge in [-0.2, -0.15) is 0 Å². The number of hydrogen-bond acceptors (Lipinski definition) is 3. The molecular formula is C14H20F2N2O. The summed E-state index contributed by atoms with van der Waals surface area (Å²) < 4.78 is 26.9. The summed E-state index contributed by atoms with van der Waals surface area (Å²) in [5, 5.41) is 12.6. The lowest BCUT2D eigenvalue weighted by Crippen LogP contribution is -2.34. The Morgan fingerprint density at radius 1 is 1.26 bits per heavy atom. The molecule has 5 heteroatoms. The van der Waals surface area contributed by atoms with Gasteiger partial charge in [-0.1, -0.05) is 0 Å². The zero-order valence-corrected chi connectivity index (χ0v) is 11.1. The number of aryl methyl sites for hydroxylation is 1. The van der Waals surface area contributed by atoms with Crippen LogP contribution in [0, 0.1) is 18.6 Å². The largest absolute Gasteiger partial charge is 0.390 e. The summed E-state index contributed by atoms with van der Waals surface area (Å²) in [7, 11) is 0. The summed E-state index contributed by atoms with van der Waals surface area (Å²) in [4.78, 5) is 2.18. The lowest BCUT2D eigenvalue weighted by Gasteiger charge is -2.20. The molecule has 19 heavy (non-hydrogen) atoms. The van der Waals surface area contributed by atoms with Gasteiger partial charge in [0.2, 0.25) is 0 Å². The smallest absolute Gasteiger partial charge is 0.146 e. The standard InChI is InChI=1S/C14H20F2N2O/c1-10-6-13(16)14(7-12(10)15)17-8-11(19)9-18-4-2-3-5-18/h6-7,11,17,19H,2-5,8-9H2,1H3. The van der Waals surface area contributed by atoms with Crippen molar-refractivity contribution >= 4 is 5.69 Å². The molecule has 2 rings (SSSR count). The molecule has 1 aromatic rings. The molecule has 1 fully saturated rings. The number of nitrogens with one attached hydrogen (secondary N) is 1. The maximum atomic E-state index is 13.6. The van der Waals surface area contributed by atoms with Crippen molar-refractivity contribution in [3.8, 4) is 0 Å². The molecule has 0 aromatic heterocycles. The van der Waals surface area contributed by atoms with Crippen LogP contribution in [0.4, 0.5) is 14.5 Å². The lowest BCUT2D eigenvalue weighted by molar-refractivity contribution is 0.135. The molecule has 1 aliphatic rings. The van der Waals surface area contributed by atoms with Crippen molar-refractivity contribution in [1.82, 2.24) is 4.90 Å².